The zero-order valence-electron chi connectivity index (χ0n) is 18.4. The van der Waals surface area contributed by atoms with Gasteiger partial charge in [-0.25, -0.2) is 4.39 Å². The van der Waals surface area contributed by atoms with E-state index in [1.807, 2.05) is 44.2 Å². The average molecular weight is 455 g/mol. The van der Waals surface area contributed by atoms with E-state index in [4.69, 9.17) is 16.6 Å². The minimum absolute atomic E-state index is 0.147. The van der Waals surface area contributed by atoms with Crippen LogP contribution in [0.2, 0.25) is 5.02 Å². The van der Waals surface area contributed by atoms with Crippen LogP contribution >= 0.6 is 11.6 Å². The summed E-state index contributed by atoms with van der Waals surface area (Å²) in [6.07, 6.45) is 2.89. The zero-order valence-corrected chi connectivity index (χ0v) is 19.1. The van der Waals surface area contributed by atoms with Crippen molar-refractivity contribution in [2.45, 2.75) is 57.9 Å². The van der Waals surface area contributed by atoms with Crippen molar-refractivity contribution in [1.29, 1.82) is 5.26 Å². The topological polar surface area (TPSA) is 73.5 Å². The van der Waals surface area contributed by atoms with Gasteiger partial charge in [0.2, 0.25) is 0 Å². The quantitative estimate of drug-likeness (QED) is 0.498. The lowest BCUT2D eigenvalue weighted by molar-refractivity contribution is -0.153. The molecule has 0 radical (unpaired) electrons. The van der Waals surface area contributed by atoms with Crippen LogP contribution in [0.3, 0.4) is 0 Å². The molecule has 2 aromatic carbocycles. The smallest absolute Gasteiger partial charge is 0.312 e. The molecule has 0 bridgehead atoms. The van der Waals surface area contributed by atoms with Crippen LogP contribution < -0.4 is 0 Å². The molecule has 3 rings (SSSR count). The van der Waals surface area contributed by atoms with Crippen molar-refractivity contribution >= 4 is 23.3 Å². The molecule has 0 aliphatic carbocycles. The van der Waals surface area contributed by atoms with Crippen LogP contribution in [-0.4, -0.2) is 22.8 Å². The van der Waals surface area contributed by atoms with Gasteiger partial charge < -0.3 is 5.11 Å². The van der Waals surface area contributed by atoms with Crippen LogP contribution in [0.15, 0.2) is 53.5 Å². The van der Waals surface area contributed by atoms with Crippen molar-refractivity contribution < 1.29 is 14.3 Å². The number of rotatable bonds is 8. The summed E-state index contributed by atoms with van der Waals surface area (Å²) >= 11 is 6.44. The maximum atomic E-state index is 13.8. The van der Waals surface area contributed by atoms with Crippen molar-refractivity contribution in [3.05, 3.63) is 70.5 Å². The van der Waals surface area contributed by atoms with Crippen LogP contribution in [-0.2, 0) is 11.2 Å². The number of carboxylic acids is 1. The van der Waals surface area contributed by atoms with Crippen molar-refractivity contribution in [3.8, 4) is 6.07 Å². The Balaban J connectivity index is 2.16. The Bertz CT molecular complexity index is 1030. The molecule has 4 unspecified atom stereocenters. The van der Waals surface area contributed by atoms with E-state index in [9.17, 15) is 19.6 Å². The van der Waals surface area contributed by atoms with Crippen LogP contribution in [0.1, 0.15) is 56.6 Å². The third kappa shape index (κ3) is 4.42. The summed E-state index contributed by atoms with van der Waals surface area (Å²) in [4.78, 5) is 17.7. The van der Waals surface area contributed by atoms with Gasteiger partial charge >= 0.3 is 5.97 Å². The van der Waals surface area contributed by atoms with Gasteiger partial charge in [-0.3, -0.25) is 9.79 Å². The van der Waals surface area contributed by atoms with Crippen LogP contribution in [0.25, 0.3) is 0 Å². The van der Waals surface area contributed by atoms with Crippen molar-refractivity contribution in [1.82, 2.24) is 0 Å². The summed E-state index contributed by atoms with van der Waals surface area (Å²) in [6, 6.07) is 15.8. The predicted molar refractivity (Wildman–Crippen MR) is 125 cm³/mol. The normalized spacial score (nSPS) is 25.1. The first kappa shape index (κ1) is 23.9. The van der Waals surface area contributed by atoms with Crippen LogP contribution in [0.4, 0.5) is 4.39 Å². The number of halogens is 2. The molecule has 168 valence electrons. The molecule has 0 saturated heterocycles. The van der Waals surface area contributed by atoms with E-state index in [-0.39, 0.29) is 5.02 Å². The number of nitriles is 1. The molecule has 0 saturated carbocycles. The Morgan fingerprint density at radius 3 is 2.50 bits per heavy atom. The molecule has 6 heteroatoms. The van der Waals surface area contributed by atoms with Gasteiger partial charge in [-0.2, -0.15) is 5.26 Å². The fourth-order valence-corrected chi connectivity index (χ4v) is 5.35. The third-order valence-corrected chi connectivity index (χ3v) is 6.99. The Hall–Kier alpha value is -2.71. The summed E-state index contributed by atoms with van der Waals surface area (Å²) in [7, 11) is 0. The first-order valence-electron chi connectivity index (χ1n) is 11.1. The van der Waals surface area contributed by atoms with Crippen molar-refractivity contribution in [2.75, 3.05) is 0 Å². The van der Waals surface area contributed by atoms with Gasteiger partial charge in [0.05, 0.1) is 23.4 Å². The summed E-state index contributed by atoms with van der Waals surface area (Å²) in [5.41, 5.74) is 1.03. The maximum absolute atomic E-state index is 13.8. The Labute approximate surface area is 193 Å². The number of aryl methyl sites for hydroxylation is 1. The summed E-state index contributed by atoms with van der Waals surface area (Å²) < 4.78 is 13.8. The number of hydrogen-bond donors (Lipinski definition) is 1. The summed E-state index contributed by atoms with van der Waals surface area (Å²) in [5.74, 6) is -2.97. The van der Waals surface area contributed by atoms with Gasteiger partial charge in [0.15, 0.2) is 0 Å². The number of benzene rings is 2. The lowest BCUT2D eigenvalue weighted by Crippen LogP contribution is -2.53. The molecule has 4 nitrogen and oxygen atoms in total. The second kappa shape index (κ2) is 10.3. The van der Waals surface area contributed by atoms with Crippen molar-refractivity contribution in [3.63, 3.8) is 0 Å². The Morgan fingerprint density at radius 2 is 1.94 bits per heavy atom. The Kier molecular flexibility index (Phi) is 7.69. The summed E-state index contributed by atoms with van der Waals surface area (Å²) in [5, 5.41) is 20.8. The van der Waals surface area contributed by atoms with E-state index in [0.29, 0.717) is 37.0 Å². The van der Waals surface area contributed by atoms with Gasteiger partial charge in [0.1, 0.15) is 5.82 Å². The Morgan fingerprint density at radius 1 is 1.22 bits per heavy atom. The molecule has 0 amide bonds. The predicted octanol–water partition coefficient (Wildman–Crippen LogP) is 6.44. The molecule has 32 heavy (non-hydrogen) atoms. The molecule has 1 N–H and O–H groups in total. The lowest BCUT2D eigenvalue weighted by atomic mass is 9.57. The van der Waals surface area contributed by atoms with Gasteiger partial charge in [0, 0.05) is 16.7 Å². The summed E-state index contributed by atoms with van der Waals surface area (Å²) in [6.45, 7) is 3.82. The van der Waals surface area contributed by atoms with E-state index in [1.165, 1.54) is 18.2 Å². The first-order valence-corrected chi connectivity index (χ1v) is 11.4. The number of nitrogens with zero attached hydrogens (tertiary/aromatic N) is 2. The number of carbonyl (C=O) groups is 1. The van der Waals surface area contributed by atoms with Gasteiger partial charge in [-0.05, 0) is 48.9 Å². The molecule has 0 spiro atoms. The highest BCUT2D eigenvalue weighted by molar-refractivity contribution is 6.31. The SMILES string of the molecule is CCCC1N=C(CCc2ccccc2)C(C#N)C(c2ccc(F)cc2Cl)C1(CC)C(=O)O. The molecule has 0 fully saturated rings. The molecular weight excluding hydrogens is 427 g/mol. The third-order valence-electron chi connectivity index (χ3n) is 6.66. The van der Waals surface area contributed by atoms with E-state index in [2.05, 4.69) is 6.07 Å². The number of hydrogen-bond acceptors (Lipinski definition) is 3. The number of carboxylic acid groups (broad SMARTS) is 1. The maximum Gasteiger partial charge on any atom is 0.312 e. The highest BCUT2D eigenvalue weighted by atomic mass is 35.5. The number of aliphatic imine (C=N–C) groups is 1. The van der Waals surface area contributed by atoms with E-state index in [0.717, 1.165) is 12.0 Å². The van der Waals surface area contributed by atoms with Crippen LogP contribution in [0, 0.1) is 28.5 Å². The zero-order chi connectivity index (χ0) is 23.3. The minimum atomic E-state index is -1.30. The largest absolute Gasteiger partial charge is 0.481 e. The fraction of sp³-hybridized carbons (Fsp3) is 0.423. The van der Waals surface area contributed by atoms with Crippen LogP contribution in [0.5, 0.6) is 0 Å². The molecular formula is C26H28ClFN2O2. The van der Waals surface area contributed by atoms with Gasteiger partial charge in [0.25, 0.3) is 0 Å². The molecule has 0 aromatic heterocycles. The van der Waals surface area contributed by atoms with E-state index >= 15 is 0 Å². The van der Waals surface area contributed by atoms with Crippen molar-refractivity contribution in [2.24, 2.45) is 16.3 Å². The highest BCUT2D eigenvalue weighted by Gasteiger charge is 2.57. The minimum Gasteiger partial charge on any atom is -0.481 e. The molecule has 1 aliphatic heterocycles. The van der Waals surface area contributed by atoms with E-state index in [1.54, 1.807) is 0 Å². The fourth-order valence-electron chi connectivity index (χ4n) is 5.07. The lowest BCUT2D eigenvalue weighted by Gasteiger charge is -2.47. The second-order valence-corrected chi connectivity index (χ2v) is 8.77. The monoisotopic (exact) mass is 454 g/mol. The standard InChI is InChI=1S/C26H28ClFN2O2/c1-3-8-23-26(4-2,25(31)32)24(19-13-12-18(28)15-21(19)27)20(16-29)22(30-23)14-11-17-9-6-5-7-10-17/h5-7,9-10,12-13,15,20,23-24H,3-4,8,11,14H2,1-2H3,(H,31,32). The average Bonchev–Trinajstić information content (AvgIpc) is 2.78. The molecule has 4 atom stereocenters. The molecule has 1 heterocycles. The highest BCUT2D eigenvalue weighted by Crippen LogP contribution is 2.53. The number of aliphatic carboxylic acids is 1. The molecule has 1 aliphatic rings. The van der Waals surface area contributed by atoms with Gasteiger partial charge in [-0.1, -0.05) is 68.3 Å². The first-order chi connectivity index (χ1) is 15.4. The van der Waals surface area contributed by atoms with E-state index < -0.39 is 35.1 Å². The second-order valence-electron chi connectivity index (χ2n) is 8.36. The van der Waals surface area contributed by atoms with Gasteiger partial charge in [-0.15, -0.1) is 0 Å². The molecule has 2 aromatic rings.